The number of hydrogen-bond acceptors (Lipinski definition) is 5. The number of piperidine rings is 1. The molecule has 1 aliphatic heterocycles. The Bertz CT molecular complexity index is 639. The normalized spacial score (nSPS) is 22.4. The highest BCUT2D eigenvalue weighted by atomic mass is 19.1. The van der Waals surface area contributed by atoms with Crippen LogP contribution < -0.4 is 5.32 Å². The van der Waals surface area contributed by atoms with Crippen LogP contribution >= 0.6 is 0 Å². The van der Waals surface area contributed by atoms with E-state index in [-0.39, 0.29) is 23.7 Å². The molecule has 1 saturated heterocycles. The van der Waals surface area contributed by atoms with Gasteiger partial charge in [-0.3, -0.25) is 0 Å². The van der Waals surface area contributed by atoms with Crippen LogP contribution in [0.25, 0.3) is 0 Å². The van der Waals surface area contributed by atoms with Crippen LogP contribution in [0.2, 0.25) is 0 Å². The molecule has 1 aromatic heterocycles. The van der Waals surface area contributed by atoms with Crippen LogP contribution in [-0.4, -0.2) is 28.3 Å². The van der Waals surface area contributed by atoms with Gasteiger partial charge in [0.25, 0.3) is 5.89 Å². The van der Waals surface area contributed by atoms with E-state index in [9.17, 15) is 13.9 Å². The molecular formula is C14H15F2N3O2. The maximum Gasteiger partial charge on any atom is 0.259 e. The van der Waals surface area contributed by atoms with E-state index in [1.54, 1.807) is 0 Å². The minimum atomic E-state index is -1.18. The maximum absolute atomic E-state index is 13.6. The van der Waals surface area contributed by atoms with Crippen molar-refractivity contribution in [3.63, 3.8) is 0 Å². The van der Waals surface area contributed by atoms with Gasteiger partial charge in [0.15, 0.2) is 11.4 Å². The van der Waals surface area contributed by atoms with Crippen LogP contribution in [0.15, 0.2) is 22.7 Å². The van der Waals surface area contributed by atoms with Crippen molar-refractivity contribution in [3.05, 3.63) is 47.1 Å². The van der Waals surface area contributed by atoms with E-state index in [4.69, 9.17) is 4.52 Å². The third-order valence-corrected chi connectivity index (χ3v) is 3.59. The van der Waals surface area contributed by atoms with Gasteiger partial charge in [0.2, 0.25) is 0 Å². The number of rotatable bonds is 3. The lowest BCUT2D eigenvalue weighted by Crippen LogP contribution is -2.43. The van der Waals surface area contributed by atoms with Crippen molar-refractivity contribution in [1.29, 1.82) is 0 Å². The van der Waals surface area contributed by atoms with Crippen LogP contribution in [0.1, 0.15) is 30.1 Å². The number of benzene rings is 1. The van der Waals surface area contributed by atoms with Gasteiger partial charge in [-0.15, -0.1) is 0 Å². The topological polar surface area (TPSA) is 71.2 Å². The third-order valence-electron chi connectivity index (χ3n) is 3.59. The molecule has 112 valence electrons. The van der Waals surface area contributed by atoms with Crippen LogP contribution in [0.4, 0.5) is 8.78 Å². The molecule has 0 aliphatic carbocycles. The molecule has 1 aromatic carbocycles. The molecule has 0 saturated carbocycles. The summed E-state index contributed by atoms with van der Waals surface area (Å²) in [4.78, 5) is 4.14. The third kappa shape index (κ3) is 2.93. The molecule has 7 heteroatoms. The maximum atomic E-state index is 13.6. The quantitative estimate of drug-likeness (QED) is 0.898. The van der Waals surface area contributed by atoms with Crippen molar-refractivity contribution in [3.8, 4) is 0 Å². The highest BCUT2D eigenvalue weighted by molar-refractivity contribution is 5.22. The van der Waals surface area contributed by atoms with Crippen molar-refractivity contribution >= 4 is 0 Å². The Labute approximate surface area is 120 Å². The van der Waals surface area contributed by atoms with Gasteiger partial charge in [-0.2, -0.15) is 4.98 Å². The Hall–Kier alpha value is -1.86. The highest BCUT2D eigenvalue weighted by Crippen LogP contribution is 2.27. The van der Waals surface area contributed by atoms with Crippen molar-refractivity contribution in [1.82, 2.24) is 15.5 Å². The predicted molar refractivity (Wildman–Crippen MR) is 69.5 cm³/mol. The lowest BCUT2D eigenvalue weighted by atomic mass is 9.94. The Morgan fingerprint density at radius 1 is 1.38 bits per heavy atom. The van der Waals surface area contributed by atoms with Gasteiger partial charge in [-0.05, 0) is 31.0 Å². The largest absolute Gasteiger partial charge is 0.379 e. The van der Waals surface area contributed by atoms with Gasteiger partial charge in [0, 0.05) is 19.0 Å². The molecular weight excluding hydrogens is 280 g/mol. The molecule has 0 radical (unpaired) electrons. The van der Waals surface area contributed by atoms with Crippen molar-refractivity contribution < 1.29 is 18.4 Å². The molecule has 5 nitrogen and oxygen atoms in total. The first kappa shape index (κ1) is 14.1. The molecule has 21 heavy (non-hydrogen) atoms. The van der Waals surface area contributed by atoms with Crippen molar-refractivity contribution in [2.24, 2.45) is 0 Å². The van der Waals surface area contributed by atoms with Gasteiger partial charge in [-0.25, -0.2) is 8.78 Å². The minimum Gasteiger partial charge on any atom is -0.379 e. The highest BCUT2D eigenvalue weighted by Gasteiger charge is 2.37. The Morgan fingerprint density at radius 3 is 2.95 bits per heavy atom. The molecule has 0 amide bonds. The zero-order chi connectivity index (χ0) is 14.9. The summed E-state index contributed by atoms with van der Waals surface area (Å²) in [6.45, 7) is 1.18. The summed E-state index contributed by atoms with van der Waals surface area (Å²) in [6, 6.07) is 3.34. The van der Waals surface area contributed by atoms with Crippen LogP contribution in [0.3, 0.4) is 0 Å². The fourth-order valence-corrected chi connectivity index (χ4v) is 2.42. The molecule has 1 fully saturated rings. The summed E-state index contributed by atoms with van der Waals surface area (Å²) >= 11 is 0. The fraction of sp³-hybridized carbons (Fsp3) is 0.429. The molecule has 2 heterocycles. The number of nitrogens with one attached hydrogen (secondary N) is 1. The van der Waals surface area contributed by atoms with E-state index >= 15 is 0 Å². The lowest BCUT2D eigenvalue weighted by Gasteiger charge is -2.28. The second kappa shape index (κ2) is 5.50. The SMILES string of the molecule is OC1(c2nc(Cc3ccc(F)cc3F)no2)CCCNC1. The summed E-state index contributed by atoms with van der Waals surface area (Å²) in [5.74, 6) is -0.895. The Balaban J connectivity index is 1.78. The van der Waals surface area contributed by atoms with Crippen LogP contribution in [0, 0.1) is 11.6 Å². The molecule has 0 bridgehead atoms. The van der Waals surface area contributed by atoms with E-state index in [1.807, 2.05) is 0 Å². The summed E-state index contributed by atoms with van der Waals surface area (Å²) in [5.41, 5.74) is -0.900. The number of hydrogen-bond donors (Lipinski definition) is 2. The number of halogens is 2. The Morgan fingerprint density at radius 2 is 2.24 bits per heavy atom. The minimum absolute atomic E-state index is 0.0825. The van der Waals surface area contributed by atoms with Gasteiger partial charge in [-0.1, -0.05) is 11.2 Å². The molecule has 2 aromatic rings. The molecule has 2 N–H and O–H groups in total. The summed E-state index contributed by atoms with van der Waals surface area (Å²) in [7, 11) is 0. The van der Waals surface area contributed by atoms with Gasteiger partial charge in [0.1, 0.15) is 11.6 Å². The van der Waals surface area contributed by atoms with Crippen molar-refractivity contribution in [2.75, 3.05) is 13.1 Å². The van der Waals surface area contributed by atoms with Gasteiger partial charge >= 0.3 is 0 Å². The first-order valence-electron chi connectivity index (χ1n) is 6.77. The number of aliphatic hydroxyl groups is 1. The zero-order valence-electron chi connectivity index (χ0n) is 11.3. The average molecular weight is 295 g/mol. The summed E-state index contributed by atoms with van der Waals surface area (Å²) < 4.78 is 31.5. The molecule has 1 unspecified atom stereocenters. The van der Waals surface area contributed by atoms with Crippen molar-refractivity contribution in [2.45, 2.75) is 24.9 Å². The van der Waals surface area contributed by atoms with E-state index in [1.165, 1.54) is 12.1 Å². The number of β-amino-alcohol motifs (C(OH)–C–C–N with tert-alkyl or cyclic N) is 1. The van der Waals surface area contributed by atoms with Crippen LogP contribution in [-0.2, 0) is 12.0 Å². The van der Waals surface area contributed by atoms with E-state index in [0.717, 1.165) is 19.0 Å². The van der Waals surface area contributed by atoms with E-state index in [0.29, 0.717) is 13.0 Å². The van der Waals surface area contributed by atoms with Gasteiger partial charge < -0.3 is 14.9 Å². The fourth-order valence-electron chi connectivity index (χ4n) is 2.42. The number of aromatic nitrogens is 2. The lowest BCUT2D eigenvalue weighted by molar-refractivity contribution is -0.0167. The monoisotopic (exact) mass is 295 g/mol. The smallest absolute Gasteiger partial charge is 0.259 e. The Kier molecular flexibility index (Phi) is 3.69. The first-order valence-corrected chi connectivity index (χ1v) is 6.77. The molecule has 1 atom stereocenters. The van der Waals surface area contributed by atoms with E-state index < -0.39 is 17.2 Å². The summed E-state index contributed by atoms with van der Waals surface area (Å²) in [6.07, 6.45) is 1.42. The molecule has 0 spiro atoms. The van der Waals surface area contributed by atoms with Gasteiger partial charge in [0.05, 0.1) is 0 Å². The second-order valence-electron chi connectivity index (χ2n) is 5.24. The van der Waals surface area contributed by atoms with Crippen LogP contribution in [0.5, 0.6) is 0 Å². The zero-order valence-corrected chi connectivity index (χ0v) is 11.3. The molecule has 1 aliphatic rings. The van der Waals surface area contributed by atoms with E-state index in [2.05, 4.69) is 15.5 Å². The molecule has 3 rings (SSSR count). The first-order chi connectivity index (χ1) is 10.1. The standard InChI is InChI=1S/C14H15F2N3O2/c15-10-3-2-9(11(16)7-10)6-12-18-13(21-19-12)14(20)4-1-5-17-8-14/h2-3,7,17,20H,1,4-6,8H2. The average Bonchev–Trinajstić information content (AvgIpc) is 2.92. The summed E-state index contributed by atoms with van der Waals surface area (Å²) in [5, 5.41) is 17.3. The number of nitrogens with zero attached hydrogens (tertiary/aromatic N) is 2. The predicted octanol–water partition coefficient (Wildman–Crippen LogP) is 1.51. The second-order valence-corrected chi connectivity index (χ2v) is 5.24.